The van der Waals surface area contributed by atoms with E-state index in [2.05, 4.69) is 14.5 Å². The molecular weight excluding hydrogens is 234 g/mol. The van der Waals surface area contributed by atoms with Crippen LogP contribution in [0.1, 0.15) is 6.92 Å². The molecule has 2 N–H and O–H groups in total. The van der Waals surface area contributed by atoms with Crippen LogP contribution in [0, 0.1) is 0 Å². The van der Waals surface area contributed by atoms with Gasteiger partial charge in [-0.05, 0) is 6.92 Å². The highest BCUT2D eigenvalue weighted by molar-refractivity contribution is 6.44. The Morgan fingerprint density at radius 2 is 2.12 bits per heavy atom. The summed E-state index contributed by atoms with van der Waals surface area (Å²) in [7, 11) is 0. The maximum atomic E-state index is 11.0. The van der Waals surface area contributed by atoms with Crippen LogP contribution in [-0.2, 0) is 19.1 Å². The van der Waals surface area contributed by atoms with Crippen molar-refractivity contribution < 1.29 is 28.7 Å². The molecular formula is C8H9N3O6. The highest BCUT2D eigenvalue weighted by atomic mass is 16.6. The number of urea groups is 1. The fourth-order valence-electron chi connectivity index (χ4n) is 0.871. The zero-order valence-corrected chi connectivity index (χ0v) is 8.81. The number of hydrogen-bond acceptors (Lipinski definition) is 6. The first-order valence-electron chi connectivity index (χ1n) is 4.58. The van der Waals surface area contributed by atoms with E-state index < -0.39 is 36.4 Å². The molecule has 0 aromatic heterocycles. The second-order valence-electron chi connectivity index (χ2n) is 2.72. The smallest absolute Gasteiger partial charge is 0.414 e. The summed E-state index contributed by atoms with van der Waals surface area (Å²) in [5.41, 5.74) is 0. The van der Waals surface area contributed by atoms with Gasteiger partial charge in [0.25, 0.3) is 5.90 Å². The molecule has 0 aromatic rings. The van der Waals surface area contributed by atoms with E-state index in [-0.39, 0.29) is 6.61 Å². The van der Waals surface area contributed by atoms with Crippen molar-refractivity contribution in [2.24, 2.45) is 4.99 Å². The van der Waals surface area contributed by atoms with E-state index in [1.807, 2.05) is 5.32 Å². The van der Waals surface area contributed by atoms with Crippen molar-refractivity contribution in [1.29, 1.82) is 0 Å². The maximum Gasteiger partial charge on any atom is 0.414 e. The molecule has 0 aliphatic carbocycles. The fourth-order valence-corrected chi connectivity index (χ4v) is 0.871. The molecule has 0 aromatic carbocycles. The number of alkyl carbamates (subject to hydrolysis) is 1. The van der Waals surface area contributed by atoms with Crippen LogP contribution in [0.5, 0.6) is 0 Å². The highest BCUT2D eigenvalue weighted by Gasteiger charge is 2.27. The number of aliphatic imine (C=N–C) groups is 1. The van der Waals surface area contributed by atoms with Gasteiger partial charge in [-0.15, -0.1) is 0 Å². The second-order valence-corrected chi connectivity index (χ2v) is 2.72. The SMILES string of the molecule is CCOC(=O)CNC(=O)OC1=NC(=O)NC1=O. The highest BCUT2D eigenvalue weighted by Crippen LogP contribution is 1.94. The molecule has 0 fully saturated rings. The van der Waals surface area contributed by atoms with Crippen LogP contribution in [0.2, 0.25) is 0 Å². The molecule has 9 heteroatoms. The minimum atomic E-state index is -1.08. The minimum Gasteiger partial charge on any atom is -0.465 e. The van der Waals surface area contributed by atoms with Gasteiger partial charge in [-0.2, -0.15) is 4.99 Å². The monoisotopic (exact) mass is 243 g/mol. The van der Waals surface area contributed by atoms with Crippen molar-refractivity contribution in [3.8, 4) is 0 Å². The van der Waals surface area contributed by atoms with Gasteiger partial charge in [0.05, 0.1) is 6.61 Å². The summed E-state index contributed by atoms with van der Waals surface area (Å²) < 4.78 is 8.91. The van der Waals surface area contributed by atoms with Crippen molar-refractivity contribution >= 4 is 29.9 Å². The van der Waals surface area contributed by atoms with E-state index in [4.69, 9.17) is 0 Å². The Labute approximate surface area is 95.2 Å². The van der Waals surface area contributed by atoms with Gasteiger partial charge in [0.15, 0.2) is 0 Å². The van der Waals surface area contributed by atoms with Crippen LogP contribution >= 0.6 is 0 Å². The van der Waals surface area contributed by atoms with Gasteiger partial charge in [-0.25, -0.2) is 9.59 Å². The number of rotatable bonds is 3. The molecule has 0 saturated carbocycles. The van der Waals surface area contributed by atoms with Crippen molar-refractivity contribution in [2.75, 3.05) is 13.2 Å². The fraction of sp³-hybridized carbons (Fsp3) is 0.375. The molecule has 9 nitrogen and oxygen atoms in total. The third-order valence-electron chi connectivity index (χ3n) is 1.49. The molecule has 4 amide bonds. The lowest BCUT2D eigenvalue weighted by Gasteiger charge is -2.04. The lowest BCUT2D eigenvalue weighted by atomic mass is 10.6. The summed E-state index contributed by atoms with van der Waals surface area (Å²) in [5, 5.41) is 3.80. The van der Waals surface area contributed by atoms with Gasteiger partial charge < -0.3 is 14.8 Å². The number of carbonyl (C=O) groups excluding carboxylic acids is 4. The number of ether oxygens (including phenoxy) is 2. The van der Waals surface area contributed by atoms with Crippen LogP contribution in [0.25, 0.3) is 0 Å². The Kier molecular flexibility index (Phi) is 4.14. The number of carbonyl (C=O) groups is 4. The molecule has 0 bridgehead atoms. The predicted molar refractivity (Wildman–Crippen MR) is 52.1 cm³/mol. The van der Waals surface area contributed by atoms with Gasteiger partial charge in [0.2, 0.25) is 0 Å². The average Bonchev–Trinajstić information content (AvgIpc) is 2.55. The van der Waals surface area contributed by atoms with E-state index >= 15 is 0 Å². The summed E-state index contributed by atoms with van der Waals surface area (Å²) in [6.07, 6.45) is -1.08. The van der Waals surface area contributed by atoms with Crippen LogP contribution in [0.3, 0.4) is 0 Å². The van der Waals surface area contributed by atoms with Gasteiger partial charge in [0.1, 0.15) is 6.54 Å². The number of esters is 1. The van der Waals surface area contributed by atoms with Crippen molar-refractivity contribution in [3.05, 3.63) is 0 Å². The Morgan fingerprint density at radius 3 is 2.65 bits per heavy atom. The Bertz CT molecular complexity index is 402. The molecule has 0 atom stereocenters. The van der Waals surface area contributed by atoms with E-state index in [0.717, 1.165) is 0 Å². The molecule has 1 aliphatic rings. The molecule has 0 spiro atoms. The van der Waals surface area contributed by atoms with E-state index in [1.54, 1.807) is 12.2 Å². The first-order chi connectivity index (χ1) is 8.02. The molecule has 1 aliphatic heterocycles. The number of hydrogen-bond donors (Lipinski definition) is 2. The molecule has 0 unspecified atom stereocenters. The van der Waals surface area contributed by atoms with Crippen LogP contribution < -0.4 is 10.6 Å². The minimum absolute atomic E-state index is 0.180. The van der Waals surface area contributed by atoms with Crippen molar-refractivity contribution in [3.63, 3.8) is 0 Å². The molecule has 0 radical (unpaired) electrons. The van der Waals surface area contributed by atoms with Crippen molar-refractivity contribution in [1.82, 2.24) is 10.6 Å². The number of amides is 4. The molecule has 0 saturated heterocycles. The van der Waals surface area contributed by atoms with Gasteiger partial charge >= 0.3 is 24.0 Å². The second kappa shape index (κ2) is 5.58. The quantitative estimate of drug-likeness (QED) is 0.608. The predicted octanol–water partition coefficient (Wildman–Crippen LogP) is -1.08. The first kappa shape index (κ1) is 12.6. The topological polar surface area (TPSA) is 123 Å². The van der Waals surface area contributed by atoms with Gasteiger partial charge in [-0.3, -0.25) is 14.9 Å². The van der Waals surface area contributed by atoms with E-state index in [1.165, 1.54) is 0 Å². The summed E-state index contributed by atoms with van der Waals surface area (Å²) in [6.45, 7) is 1.38. The number of imide groups is 1. The third kappa shape index (κ3) is 3.89. The van der Waals surface area contributed by atoms with E-state index in [9.17, 15) is 19.2 Å². The maximum absolute atomic E-state index is 11.0. The van der Waals surface area contributed by atoms with Crippen LogP contribution in [-0.4, -0.2) is 43.1 Å². The van der Waals surface area contributed by atoms with E-state index in [0.29, 0.717) is 0 Å². The Hall–Kier alpha value is -2.45. The third-order valence-corrected chi connectivity index (χ3v) is 1.49. The number of nitrogens with one attached hydrogen (secondary N) is 2. The Morgan fingerprint density at radius 1 is 1.41 bits per heavy atom. The normalized spacial score (nSPS) is 13.8. The first-order valence-corrected chi connectivity index (χ1v) is 4.58. The number of nitrogens with zero attached hydrogens (tertiary/aromatic N) is 1. The zero-order valence-electron chi connectivity index (χ0n) is 8.81. The lowest BCUT2D eigenvalue weighted by Crippen LogP contribution is -2.35. The van der Waals surface area contributed by atoms with Gasteiger partial charge in [-0.1, -0.05) is 0 Å². The molecule has 1 rings (SSSR count). The summed E-state index contributed by atoms with van der Waals surface area (Å²) in [4.78, 5) is 46.5. The summed E-state index contributed by atoms with van der Waals surface area (Å²) >= 11 is 0. The molecule has 92 valence electrons. The standard InChI is InChI=1S/C8H9N3O6/c1-2-16-4(12)3-9-8(15)17-6-5(13)10-7(14)11-6/h2-3H2,1H3,(H,9,15)(H,10,13,14). The Balaban J connectivity index is 2.35. The zero-order chi connectivity index (χ0) is 12.8. The average molecular weight is 243 g/mol. The van der Waals surface area contributed by atoms with Crippen LogP contribution in [0.4, 0.5) is 9.59 Å². The van der Waals surface area contributed by atoms with Crippen molar-refractivity contribution in [2.45, 2.75) is 6.92 Å². The largest absolute Gasteiger partial charge is 0.465 e. The summed E-state index contributed by atoms with van der Waals surface area (Å²) in [5.74, 6) is -2.24. The lowest BCUT2D eigenvalue weighted by molar-refractivity contribution is -0.141. The van der Waals surface area contributed by atoms with Gasteiger partial charge in [0, 0.05) is 0 Å². The summed E-state index contributed by atoms with van der Waals surface area (Å²) in [6, 6.07) is -0.914. The molecule has 17 heavy (non-hydrogen) atoms. The van der Waals surface area contributed by atoms with Crippen LogP contribution in [0.15, 0.2) is 4.99 Å². The molecule has 1 heterocycles.